The molecule has 0 aromatic heterocycles. The van der Waals surface area contributed by atoms with E-state index < -0.39 is 0 Å². The summed E-state index contributed by atoms with van der Waals surface area (Å²) in [7, 11) is 0. The van der Waals surface area contributed by atoms with Crippen molar-refractivity contribution in [2.45, 2.75) is 52.4 Å². The number of carbonyl (C=O) groups excluding carboxylic acids is 1. The first-order chi connectivity index (χ1) is 5.83. The molecule has 0 amide bonds. The van der Waals surface area contributed by atoms with E-state index in [0.29, 0.717) is 0 Å². The smallest absolute Gasteiger partial charge is 0.119 e. The monoisotopic (exact) mass is 174 g/mol. The molecule has 0 unspecified atom stereocenters. The molecule has 12 heavy (non-hydrogen) atoms. The molecule has 2 nitrogen and oxygen atoms in total. The average molecular weight is 174 g/mol. The maximum atomic E-state index is 9.84. The third kappa shape index (κ3) is 22.6. The van der Waals surface area contributed by atoms with E-state index in [0.717, 1.165) is 19.1 Å². The van der Waals surface area contributed by atoms with E-state index in [1.165, 1.54) is 25.7 Å². The Hall–Kier alpha value is -0.370. The molecule has 0 heterocycles. The SMILES string of the molecule is CCCCCCCC=O.CCO. The van der Waals surface area contributed by atoms with Gasteiger partial charge in [-0.3, -0.25) is 0 Å². The Morgan fingerprint density at radius 2 is 1.58 bits per heavy atom. The number of unbranched alkanes of at least 4 members (excludes halogenated alkanes) is 5. The van der Waals surface area contributed by atoms with Crippen molar-refractivity contribution in [3.63, 3.8) is 0 Å². The van der Waals surface area contributed by atoms with E-state index >= 15 is 0 Å². The molecule has 0 saturated carbocycles. The van der Waals surface area contributed by atoms with Crippen LogP contribution in [0.3, 0.4) is 0 Å². The summed E-state index contributed by atoms with van der Waals surface area (Å²) in [5, 5.41) is 7.57. The maximum absolute atomic E-state index is 9.84. The van der Waals surface area contributed by atoms with Crippen molar-refractivity contribution in [3.8, 4) is 0 Å². The second-order valence-electron chi connectivity index (χ2n) is 2.69. The van der Waals surface area contributed by atoms with Crippen LogP contribution in [0.4, 0.5) is 0 Å². The number of rotatable bonds is 6. The van der Waals surface area contributed by atoms with Crippen LogP contribution in [0.5, 0.6) is 0 Å². The highest BCUT2D eigenvalue weighted by atomic mass is 16.2. The van der Waals surface area contributed by atoms with Gasteiger partial charge >= 0.3 is 0 Å². The van der Waals surface area contributed by atoms with Crippen molar-refractivity contribution in [2.24, 2.45) is 0 Å². The minimum Gasteiger partial charge on any atom is -0.397 e. The molecule has 0 aromatic carbocycles. The highest BCUT2D eigenvalue weighted by Gasteiger charge is 1.85. The molecule has 0 atom stereocenters. The van der Waals surface area contributed by atoms with Crippen molar-refractivity contribution in [2.75, 3.05) is 6.61 Å². The van der Waals surface area contributed by atoms with Crippen LogP contribution >= 0.6 is 0 Å². The van der Waals surface area contributed by atoms with E-state index in [9.17, 15) is 4.79 Å². The lowest BCUT2D eigenvalue weighted by atomic mass is 10.1. The van der Waals surface area contributed by atoms with Crippen molar-refractivity contribution in [3.05, 3.63) is 0 Å². The third-order valence-corrected chi connectivity index (χ3v) is 1.43. The Morgan fingerprint density at radius 3 is 2.00 bits per heavy atom. The van der Waals surface area contributed by atoms with Crippen LogP contribution in [0.2, 0.25) is 0 Å². The number of aldehydes is 1. The predicted octanol–water partition coefficient (Wildman–Crippen LogP) is 2.54. The Kier molecular flexibility index (Phi) is 20.0. The molecule has 0 aliphatic carbocycles. The highest BCUT2D eigenvalue weighted by Crippen LogP contribution is 2.02. The number of hydrogen-bond donors (Lipinski definition) is 1. The summed E-state index contributed by atoms with van der Waals surface area (Å²) >= 11 is 0. The summed E-state index contributed by atoms with van der Waals surface area (Å²) in [5.41, 5.74) is 0. The normalized spacial score (nSPS) is 8.58. The lowest BCUT2D eigenvalue weighted by molar-refractivity contribution is -0.107. The average Bonchev–Trinajstić information content (AvgIpc) is 2.06. The number of hydrogen-bond acceptors (Lipinski definition) is 2. The topological polar surface area (TPSA) is 37.3 Å². The molecule has 0 saturated heterocycles. The zero-order valence-corrected chi connectivity index (χ0v) is 8.38. The van der Waals surface area contributed by atoms with E-state index in [2.05, 4.69) is 6.92 Å². The summed E-state index contributed by atoms with van der Waals surface area (Å²) in [6.45, 7) is 4.12. The van der Waals surface area contributed by atoms with E-state index in [1.807, 2.05) is 0 Å². The van der Waals surface area contributed by atoms with Crippen LogP contribution < -0.4 is 0 Å². The van der Waals surface area contributed by atoms with Gasteiger partial charge in [-0.25, -0.2) is 0 Å². The second-order valence-corrected chi connectivity index (χ2v) is 2.69. The van der Waals surface area contributed by atoms with Crippen LogP contribution in [0.1, 0.15) is 52.4 Å². The molecular weight excluding hydrogens is 152 g/mol. The predicted molar refractivity (Wildman–Crippen MR) is 52.2 cm³/mol. The molecule has 0 aliphatic heterocycles. The van der Waals surface area contributed by atoms with E-state index in [-0.39, 0.29) is 6.61 Å². The molecule has 0 aliphatic rings. The highest BCUT2D eigenvalue weighted by molar-refractivity contribution is 5.48. The molecule has 2 heteroatoms. The van der Waals surface area contributed by atoms with Crippen molar-refractivity contribution < 1.29 is 9.90 Å². The Bertz CT molecular complexity index is 72.2. The van der Waals surface area contributed by atoms with E-state index in [1.54, 1.807) is 6.92 Å². The van der Waals surface area contributed by atoms with Crippen molar-refractivity contribution >= 4 is 6.29 Å². The van der Waals surface area contributed by atoms with Gasteiger partial charge in [-0.1, -0.05) is 32.6 Å². The summed E-state index contributed by atoms with van der Waals surface area (Å²) in [6, 6.07) is 0. The maximum Gasteiger partial charge on any atom is 0.119 e. The Labute approximate surface area is 76.0 Å². The summed E-state index contributed by atoms with van der Waals surface area (Å²) in [5.74, 6) is 0. The minimum absolute atomic E-state index is 0.250. The molecule has 74 valence electrons. The first-order valence-corrected chi connectivity index (χ1v) is 4.87. The number of aliphatic hydroxyl groups is 1. The fourth-order valence-electron chi connectivity index (χ4n) is 0.831. The van der Waals surface area contributed by atoms with E-state index in [4.69, 9.17) is 5.11 Å². The first-order valence-electron chi connectivity index (χ1n) is 4.87. The van der Waals surface area contributed by atoms with Gasteiger partial charge in [0.05, 0.1) is 0 Å². The zero-order chi connectivity index (χ0) is 9.66. The fourth-order valence-corrected chi connectivity index (χ4v) is 0.831. The molecule has 0 aromatic rings. The molecule has 0 bridgehead atoms. The van der Waals surface area contributed by atoms with Gasteiger partial charge in [0, 0.05) is 13.0 Å². The molecular formula is C10H22O2. The van der Waals surface area contributed by atoms with Crippen LogP contribution in [-0.2, 0) is 4.79 Å². The van der Waals surface area contributed by atoms with Gasteiger partial charge in [0.15, 0.2) is 0 Å². The molecule has 0 rings (SSSR count). The number of aliphatic hydroxyl groups excluding tert-OH is 1. The minimum atomic E-state index is 0.250. The van der Waals surface area contributed by atoms with Crippen LogP contribution in [-0.4, -0.2) is 18.0 Å². The Morgan fingerprint density at radius 1 is 1.08 bits per heavy atom. The van der Waals surface area contributed by atoms with Gasteiger partial charge in [-0.05, 0) is 13.3 Å². The fraction of sp³-hybridized carbons (Fsp3) is 0.900. The summed E-state index contributed by atoms with van der Waals surface area (Å²) in [4.78, 5) is 9.84. The van der Waals surface area contributed by atoms with Crippen molar-refractivity contribution in [1.29, 1.82) is 0 Å². The van der Waals surface area contributed by atoms with Crippen LogP contribution in [0, 0.1) is 0 Å². The van der Waals surface area contributed by atoms with Gasteiger partial charge in [0.25, 0.3) is 0 Å². The van der Waals surface area contributed by atoms with Crippen molar-refractivity contribution in [1.82, 2.24) is 0 Å². The summed E-state index contributed by atoms with van der Waals surface area (Å²) in [6.07, 6.45) is 7.97. The van der Waals surface area contributed by atoms with Gasteiger partial charge < -0.3 is 9.90 Å². The lowest BCUT2D eigenvalue weighted by Gasteiger charge is -1.93. The van der Waals surface area contributed by atoms with Gasteiger partial charge in [-0.2, -0.15) is 0 Å². The zero-order valence-electron chi connectivity index (χ0n) is 8.38. The third-order valence-electron chi connectivity index (χ3n) is 1.43. The summed E-state index contributed by atoms with van der Waals surface area (Å²) < 4.78 is 0. The van der Waals surface area contributed by atoms with Gasteiger partial charge in [0.1, 0.15) is 6.29 Å². The molecule has 0 radical (unpaired) electrons. The largest absolute Gasteiger partial charge is 0.397 e. The first kappa shape index (κ1) is 14.2. The number of carbonyl (C=O) groups is 1. The standard InChI is InChI=1S/C8H16O.C2H6O/c1-2-3-4-5-6-7-8-9;1-2-3/h8H,2-7H2,1H3;3H,2H2,1H3. The molecule has 0 fully saturated rings. The van der Waals surface area contributed by atoms with Gasteiger partial charge in [0.2, 0.25) is 0 Å². The lowest BCUT2D eigenvalue weighted by Crippen LogP contribution is -1.78. The molecule has 1 N–H and O–H groups in total. The van der Waals surface area contributed by atoms with Gasteiger partial charge in [-0.15, -0.1) is 0 Å². The Balaban J connectivity index is 0. The van der Waals surface area contributed by atoms with Crippen LogP contribution in [0.25, 0.3) is 0 Å². The molecule has 0 spiro atoms. The second kappa shape index (κ2) is 16.9. The van der Waals surface area contributed by atoms with Crippen LogP contribution in [0.15, 0.2) is 0 Å². The quantitative estimate of drug-likeness (QED) is 0.496.